The summed E-state index contributed by atoms with van der Waals surface area (Å²) in [6, 6.07) is 8.35. The largest absolute Gasteiger partial charge is 0.361 e. The van der Waals surface area contributed by atoms with Gasteiger partial charge in [0.25, 0.3) is 0 Å². The predicted octanol–water partition coefficient (Wildman–Crippen LogP) is 2.35. The highest BCUT2D eigenvalue weighted by Crippen LogP contribution is 2.16. The van der Waals surface area contributed by atoms with E-state index in [4.69, 9.17) is 0 Å². The lowest BCUT2D eigenvalue weighted by atomic mass is 10.2. The first-order valence-electron chi connectivity index (χ1n) is 4.49. The quantitative estimate of drug-likeness (QED) is 0.617. The van der Waals surface area contributed by atoms with Gasteiger partial charge in [0.15, 0.2) is 0 Å². The number of fused-ring (bicyclic) bond motifs is 1. The second-order valence-corrected chi connectivity index (χ2v) is 3.22. The molecule has 0 bridgehead atoms. The number of rotatable bonds is 1. The zero-order valence-electron chi connectivity index (χ0n) is 7.51. The number of imidazole rings is 1. The molecule has 3 rings (SSSR count). The molecule has 68 valence electrons. The number of aromatic amines is 1. The fourth-order valence-electron chi connectivity index (χ4n) is 1.61. The molecule has 2 heterocycles. The van der Waals surface area contributed by atoms with Crippen molar-refractivity contribution in [1.29, 1.82) is 0 Å². The summed E-state index contributed by atoms with van der Waals surface area (Å²) in [6.45, 7) is 0. The standard InChI is InChI=1S/C11H9N3/c1-2-10(14-6-5-12-8-14)7-11-9(1)3-4-13-11/h1-8,13H. The Morgan fingerprint density at radius 2 is 2.21 bits per heavy atom. The van der Waals surface area contributed by atoms with Crippen LogP contribution in [0.1, 0.15) is 0 Å². The fraction of sp³-hybridized carbons (Fsp3) is 0. The molecule has 0 unspecified atom stereocenters. The summed E-state index contributed by atoms with van der Waals surface area (Å²) in [5, 5.41) is 1.23. The topological polar surface area (TPSA) is 33.6 Å². The molecule has 0 radical (unpaired) electrons. The van der Waals surface area contributed by atoms with E-state index in [0.717, 1.165) is 11.2 Å². The molecule has 0 saturated heterocycles. The molecule has 0 aliphatic carbocycles. The number of nitrogens with zero attached hydrogens (tertiary/aromatic N) is 2. The molecule has 0 aliphatic rings. The maximum absolute atomic E-state index is 4.02. The SMILES string of the molecule is c1cn(-c2ccc3cc[nH]c3c2)cn1. The maximum Gasteiger partial charge on any atom is 0.0991 e. The Bertz CT molecular complexity index is 549. The molecule has 3 aromatic rings. The van der Waals surface area contributed by atoms with Gasteiger partial charge < -0.3 is 9.55 Å². The van der Waals surface area contributed by atoms with Crippen molar-refractivity contribution in [1.82, 2.24) is 14.5 Å². The average molecular weight is 183 g/mol. The summed E-state index contributed by atoms with van der Waals surface area (Å²) in [5.41, 5.74) is 2.27. The number of aromatic nitrogens is 3. The Hall–Kier alpha value is -2.03. The molecular formula is C11H9N3. The van der Waals surface area contributed by atoms with Crippen molar-refractivity contribution in [3.8, 4) is 5.69 Å². The van der Waals surface area contributed by atoms with E-state index >= 15 is 0 Å². The average Bonchev–Trinajstić information content (AvgIpc) is 2.88. The van der Waals surface area contributed by atoms with Crippen LogP contribution in [-0.4, -0.2) is 14.5 Å². The van der Waals surface area contributed by atoms with Gasteiger partial charge in [0.05, 0.1) is 6.33 Å². The molecule has 14 heavy (non-hydrogen) atoms. The fourth-order valence-corrected chi connectivity index (χ4v) is 1.61. The van der Waals surface area contributed by atoms with Gasteiger partial charge in [-0.2, -0.15) is 0 Å². The van der Waals surface area contributed by atoms with E-state index in [1.54, 1.807) is 12.5 Å². The first-order chi connectivity index (χ1) is 6.93. The monoisotopic (exact) mass is 183 g/mol. The molecule has 0 amide bonds. The minimum absolute atomic E-state index is 1.12. The smallest absolute Gasteiger partial charge is 0.0991 e. The van der Waals surface area contributed by atoms with Crippen LogP contribution in [0.25, 0.3) is 16.6 Å². The van der Waals surface area contributed by atoms with Crippen LogP contribution in [0.15, 0.2) is 49.2 Å². The van der Waals surface area contributed by atoms with Crippen LogP contribution in [0.4, 0.5) is 0 Å². The number of benzene rings is 1. The molecule has 1 N–H and O–H groups in total. The Balaban J connectivity index is 2.23. The van der Waals surface area contributed by atoms with Gasteiger partial charge in [-0.25, -0.2) is 4.98 Å². The van der Waals surface area contributed by atoms with Crippen LogP contribution >= 0.6 is 0 Å². The Labute approximate surface area is 81.0 Å². The molecule has 0 spiro atoms. The first-order valence-corrected chi connectivity index (χ1v) is 4.49. The van der Waals surface area contributed by atoms with E-state index < -0.39 is 0 Å². The van der Waals surface area contributed by atoms with Gasteiger partial charge in [-0.3, -0.25) is 0 Å². The maximum atomic E-state index is 4.02. The number of hydrogen-bond acceptors (Lipinski definition) is 1. The Morgan fingerprint density at radius 1 is 1.21 bits per heavy atom. The van der Waals surface area contributed by atoms with Crippen LogP contribution in [0.5, 0.6) is 0 Å². The lowest BCUT2D eigenvalue weighted by molar-refractivity contribution is 1.06. The third-order valence-corrected chi connectivity index (χ3v) is 2.34. The second kappa shape index (κ2) is 2.73. The molecule has 3 heteroatoms. The third kappa shape index (κ3) is 1.03. The highest BCUT2D eigenvalue weighted by molar-refractivity contribution is 5.81. The number of H-pyrrole nitrogens is 1. The van der Waals surface area contributed by atoms with E-state index in [1.165, 1.54) is 5.39 Å². The lowest BCUT2D eigenvalue weighted by Gasteiger charge is -2.01. The van der Waals surface area contributed by atoms with Crippen LogP contribution in [-0.2, 0) is 0 Å². The minimum Gasteiger partial charge on any atom is -0.361 e. The van der Waals surface area contributed by atoms with Gasteiger partial charge in [0, 0.05) is 29.8 Å². The van der Waals surface area contributed by atoms with Crippen LogP contribution in [0.2, 0.25) is 0 Å². The van der Waals surface area contributed by atoms with Gasteiger partial charge >= 0.3 is 0 Å². The normalized spacial score (nSPS) is 10.9. The predicted molar refractivity (Wildman–Crippen MR) is 55.4 cm³/mol. The molecule has 2 aromatic heterocycles. The number of hydrogen-bond donors (Lipinski definition) is 1. The molecule has 0 atom stereocenters. The molecule has 0 aliphatic heterocycles. The van der Waals surface area contributed by atoms with Gasteiger partial charge in [-0.1, -0.05) is 6.07 Å². The zero-order valence-corrected chi connectivity index (χ0v) is 7.51. The highest BCUT2D eigenvalue weighted by atomic mass is 15.0. The highest BCUT2D eigenvalue weighted by Gasteiger charge is 1.97. The van der Waals surface area contributed by atoms with Crippen molar-refractivity contribution in [2.24, 2.45) is 0 Å². The Kier molecular flexibility index (Phi) is 1.44. The van der Waals surface area contributed by atoms with Crippen molar-refractivity contribution in [3.63, 3.8) is 0 Å². The van der Waals surface area contributed by atoms with Crippen LogP contribution < -0.4 is 0 Å². The summed E-state index contributed by atoms with van der Waals surface area (Å²) in [7, 11) is 0. The van der Waals surface area contributed by atoms with Crippen molar-refractivity contribution in [3.05, 3.63) is 49.2 Å². The van der Waals surface area contributed by atoms with Crippen molar-refractivity contribution in [2.75, 3.05) is 0 Å². The van der Waals surface area contributed by atoms with Crippen molar-refractivity contribution >= 4 is 10.9 Å². The molecule has 0 saturated carbocycles. The summed E-state index contributed by atoms with van der Waals surface area (Å²) in [6.07, 6.45) is 7.45. The lowest BCUT2D eigenvalue weighted by Crippen LogP contribution is -1.88. The van der Waals surface area contributed by atoms with Gasteiger partial charge in [-0.05, 0) is 23.6 Å². The first kappa shape index (κ1) is 7.38. The number of nitrogens with one attached hydrogen (secondary N) is 1. The minimum atomic E-state index is 1.12. The van der Waals surface area contributed by atoms with Gasteiger partial charge in [-0.15, -0.1) is 0 Å². The van der Waals surface area contributed by atoms with Crippen LogP contribution in [0.3, 0.4) is 0 Å². The van der Waals surface area contributed by atoms with E-state index in [2.05, 4.69) is 34.2 Å². The van der Waals surface area contributed by atoms with E-state index in [-0.39, 0.29) is 0 Å². The zero-order chi connectivity index (χ0) is 9.38. The van der Waals surface area contributed by atoms with Gasteiger partial charge in [0.2, 0.25) is 0 Å². The summed E-state index contributed by atoms with van der Waals surface area (Å²) in [4.78, 5) is 7.21. The van der Waals surface area contributed by atoms with E-state index in [1.807, 2.05) is 17.0 Å². The van der Waals surface area contributed by atoms with E-state index in [9.17, 15) is 0 Å². The Morgan fingerprint density at radius 3 is 3.07 bits per heavy atom. The van der Waals surface area contributed by atoms with Gasteiger partial charge in [0.1, 0.15) is 0 Å². The van der Waals surface area contributed by atoms with E-state index in [0.29, 0.717) is 0 Å². The summed E-state index contributed by atoms with van der Waals surface area (Å²) < 4.78 is 1.99. The van der Waals surface area contributed by atoms with Crippen molar-refractivity contribution < 1.29 is 0 Å². The molecule has 1 aromatic carbocycles. The third-order valence-electron chi connectivity index (χ3n) is 2.34. The molecule has 0 fully saturated rings. The second-order valence-electron chi connectivity index (χ2n) is 3.22. The molecular weight excluding hydrogens is 174 g/mol. The van der Waals surface area contributed by atoms with Crippen LogP contribution in [0, 0.1) is 0 Å². The molecule has 3 nitrogen and oxygen atoms in total. The van der Waals surface area contributed by atoms with Crippen molar-refractivity contribution in [2.45, 2.75) is 0 Å². The summed E-state index contributed by atoms with van der Waals surface area (Å²) >= 11 is 0. The summed E-state index contributed by atoms with van der Waals surface area (Å²) in [5.74, 6) is 0.